The summed E-state index contributed by atoms with van der Waals surface area (Å²) in [5.74, 6) is 0.533. The fourth-order valence-electron chi connectivity index (χ4n) is 1.65. The number of rotatable bonds is 4. The van der Waals surface area contributed by atoms with Crippen molar-refractivity contribution in [2.75, 3.05) is 11.9 Å². The molecule has 0 fully saturated rings. The molecule has 0 aliphatic carbocycles. The molecule has 0 saturated carbocycles. The fourth-order valence-corrected chi connectivity index (χ4v) is 1.65. The first kappa shape index (κ1) is 11.8. The van der Waals surface area contributed by atoms with Crippen molar-refractivity contribution in [3.8, 4) is 0 Å². The van der Waals surface area contributed by atoms with Crippen LogP contribution < -0.4 is 4.90 Å². The number of hydrogen-bond donors (Lipinski definition) is 0. The largest absolute Gasteiger partial charge is 0.318 e. The zero-order chi connectivity index (χ0) is 11.4. The lowest BCUT2D eigenvalue weighted by atomic mass is 9.98. The molecule has 1 amide bonds. The first-order valence-corrected chi connectivity index (χ1v) is 5.41. The van der Waals surface area contributed by atoms with E-state index in [1.165, 1.54) is 11.1 Å². The molecular formula is C13H19NO. The first-order chi connectivity index (χ1) is 7.10. The van der Waals surface area contributed by atoms with Crippen LogP contribution in [0.4, 0.5) is 5.69 Å². The van der Waals surface area contributed by atoms with Crippen LogP contribution in [-0.2, 0) is 11.2 Å². The van der Waals surface area contributed by atoms with E-state index in [4.69, 9.17) is 0 Å². The van der Waals surface area contributed by atoms with Gasteiger partial charge in [-0.05, 0) is 29.5 Å². The van der Waals surface area contributed by atoms with Crippen LogP contribution in [0.1, 0.15) is 37.8 Å². The van der Waals surface area contributed by atoms with Crippen LogP contribution in [0.5, 0.6) is 0 Å². The first-order valence-electron chi connectivity index (χ1n) is 5.41. The molecule has 1 rings (SSSR count). The molecule has 0 atom stereocenters. The molecule has 0 saturated heterocycles. The average Bonchev–Trinajstić information content (AvgIpc) is 2.27. The Kier molecular flexibility index (Phi) is 3.89. The SMILES string of the molecule is CCc1cc(C(C)C)ccc1N(C)C=O. The molecule has 2 heteroatoms. The highest BCUT2D eigenvalue weighted by Gasteiger charge is 2.07. The summed E-state index contributed by atoms with van der Waals surface area (Å²) in [6, 6.07) is 6.32. The summed E-state index contributed by atoms with van der Waals surface area (Å²) in [4.78, 5) is 12.3. The number of carbonyl (C=O) groups excluding carboxylic acids is 1. The normalized spacial score (nSPS) is 10.5. The van der Waals surface area contributed by atoms with Crippen molar-refractivity contribution in [3.63, 3.8) is 0 Å². The predicted octanol–water partition coefficient (Wildman–Crippen LogP) is 2.97. The Bertz CT molecular complexity index is 344. The van der Waals surface area contributed by atoms with Crippen LogP contribution in [0.25, 0.3) is 0 Å². The molecule has 1 aromatic rings. The number of aryl methyl sites for hydroxylation is 1. The van der Waals surface area contributed by atoms with Crippen LogP contribution >= 0.6 is 0 Å². The molecular weight excluding hydrogens is 186 g/mol. The third-order valence-electron chi connectivity index (χ3n) is 2.69. The molecule has 0 aliphatic rings. The summed E-state index contributed by atoms with van der Waals surface area (Å²) < 4.78 is 0. The van der Waals surface area contributed by atoms with Gasteiger partial charge in [0.2, 0.25) is 6.41 Å². The summed E-state index contributed by atoms with van der Waals surface area (Å²) >= 11 is 0. The van der Waals surface area contributed by atoms with Gasteiger partial charge in [-0.15, -0.1) is 0 Å². The lowest BCUT2D eigenvalue weighted by Gasteiger charge is -2.17. The van der Waals surface area contributed by atoms with Crippen LogP contribution in [-0.4, -0.2) is 13.5 Å². The van der Waals surface area contributed by atoms with Crippen molar-refractivity contribution in [2.45, 2.75) is 33.1 Å². The van der Waals surface area contributed by atoms with Crippen LogP contribution in [0.3, 0.4) is 0 Å². The number of hydrogen-bond acceptors (Lipinski definition) is 1. The van der Waals surface area contributed by atoms with Crippen molar-refractivity contribution >= 4 is 12.1 Å². The van der Waals surface area contributed by atoms with E-state index in [0.29, 0.717) is 5.92 Å². The molecule has 2 nitrogen and oxygen atoms in total. The summed E-state index contributed by atoms with van der Waals surface area (Å²) in [5, 5.41) is 0. The third-order valence-corrected chi connectivity index (χ3v) is 2.69. The van der Waals surface area contributed by atoms with Crippen molar-refractivity contribution in [2.24, 2.45) is 0 Å². The smallest absolute Gasteiger partial charge is 0.213 e. The minimum atomic E-state index is 0.533. The third kappa shape index (κ3) is 2.58. The molecule has 0 aliphatic heterocycles. The molecule has 0 heterocycles. The number of anilines is 1. The lowest BCUT2D eigenvalue weighted by Crippen LogP contribution is -2.15. The zero-order valence-electron chi connectivity index (χ0n) is 9.95. The van der Waals surface area contributed by atoms with E-state index in [9.17, 15) is 4.79 Å². The van der Waals surface area contributed by atoms with Gasteiger partial charge in [0.1, 0.15) is 0 Å². The highest BCUT2D eigenvalue weighted by molar-refractivity contribution is 5.76. The number of amides is 1. The maximum atomic E-state index is 10.7. The molecule has 0 radical (unpaired) electrons. The van der Waals surface area contributed by atoms with Gasteiger partial charge >= 0.3 is 0 Å². The van der Waals surface area contributed by atoms with Crippen molar-refractivity contribution < 1.29 is 4.79 Å². The Balaban J connectivity index is 3.14. The monoisotopic (exact) mass is 205 g/mol. The second kappa shape index (κ2) is 4.96. The fraction of sp³-hybridized carbons (Fsp3) is 0.462. The van der Waals surface area contributed by atoms with E-state index < -0.39 is 0 Å². The van der Waals surface area contributed by atoms with E-state index in [0.717, 1.165) is 18.5 Å². The molecule has 1 aromatic carbocycles. The average molecular weight is 205 g/mol. The molecule has 0 N–H and O–H groups in total. The van der Waals surface area contributed by atoms with Gasteiger partial charge in [0.25, 0.3) is 0 Å². The quantitative estimate of drug-likeness (QED) is 0.692. The number of carbonyl (C=O) groups is 1. The minimum Gasteiger partial charge on any atom is -0.318 e. The van der Waals surface area contributed by atoms with Gasteiger partial charge < -0.3 is 4.90 Å². The van der Waals surface area contributed by atoms with Gasteiger partial charge in [-0.2, -0.15) is 0 Å². The molecule has 0 spiro atoms. The number of benzene rings is 1. The summed E-state index contributed by atoms with van der Waals surface area (Å²) in [5.41, 5.74) is 3.57. The van der Waals surface area contributed by atoms with E-state index in [1.54, 1.807) is 11.9 Å². The highest BCUT2D eigenvalue weighted by Crippen LogP contribution is 2.24. The predicted molar refractivity (Wildman–Crippen MR) is 64.4 cm³/mol. The standard InChI is InChI=1S/C13H19NO/c1-5-11-8-12(10(2)3)6-7-13(11)14(4)9-15/h6-10H,5H2,1-4H3. The molecule has 15 heavy (non-hydrogen) atoms. The Morgan fingerprint density at radius 1 is 1.40 bits per heavy atom. The zero-order valence-corrected chi connectivity index (χ0v) is 9.95. The lowest BCUT2D eigenvalue weighted by molar-refractivity contribution is -0.107. The molecule has 82 valence electrons. The summed E-state index contributed by atoms with van der Waals surface area (Å²) in [6.45, 7) is 6.47. The van der Waals surface area contributed by atoms with E-state index in [1.807, 2.05) is 6.07 Å². The molecule has 0 aromatic heterocycles. The van der Waals surface area contributed by atoms with Crippen molar-refractivity contribution in [1.29, 1.82) is 0 Å². The van der Waals surface area contributed by atoms with Gasteiger partial charge in [0, 0.05) is 12.7 Å². The number of nitrogens with zero attached hydrogens (tertiary/aromatic N) is 1. The Morgan fingerprint density at radius 3 is 2.53 bits per heavy atom. The van der Waals surface area contributed by atoms with E-state index in [-0.39, 0.29) is 0 Å². The van der Waals surface area contributed by atoms with E-state index in [2.05, 4.69) is 32.9 Å². The highest BCUT2D eigenvalue weighted by atomic mass is 16.1. The summed E-state index contributed by atoms with van der Waals surface area (Å²) in [7, 11) is 1.79. The Labute approximate surface area is 91.9 Å². The van der Waals surface area contributed by atoms with E-state index >= 15 is 0 Å². The summed E-state index contributed by atoms with van der Waals surface area (Å²) in [6.07, 6.45) is 1.80. The molecule has 0 bridgehead atoms. The maximum Gasteiger partial charge on any atom is 0.213 e. The maximum absolute atomic E-state index is 10.7. The topological polar surface area (TPSA) is 20.3 Å². The second-order valence-electron chi connectivity index (χ2n) is 4.11. The Morgan fingerprint density at radius 2 is 2.07 bits per heavy atom. The van der Waals surface area contributed by atoms with Crippen LogP contribution in [0.2, 0.25) is 0 Å². The molecule has 0 unspecified atom stereocenters. The van der Waals surface area contributed by atoms with Gasteiger partial charge in [-0.3, -0.25) is 4.79 Å². The van der Waals surface area contributed by atoms with Gasteiger partial charge in [0.05, 0.1) is 0 Å². The second-order valence-corrected chi connectivity index (χ2v) is 4.11. The van der Waals surface area contributed by atoms with Crippen molar-refractivity contribution in [3.05, 3.63) is 29.3 Å². The Hall–Kier alpha value is -1.31. The van der Waals surface area contributed by atoms with Crippen LogP contribution in [0, 0.1) is 0 Å². The minimum absolute atomic E-state index is 0.533. The van der Waals surface area contributed by atoms with Gasteiger partial charge in [-0.25, -0.2) is 0 Å². The van der Waals surface area contributed by atoms with Gasteiger partial charge in [0.15, 0.2) is 0 Å². The van der Waals surface area contributed by atoms with Gasteiger partial charge in [-0.1, -0.05) is 32.9 Å². The van der Waals surface area contributed by atoms with Crippen molar-refractivity contribution in [1.82, 2.24) is 0 Å². The van der Waals surface area contributed by atoms with Crippen LogP contribution in [0.15, 0.2) is 18.2 Å².